The molecule has 1 aliphatic rings. The van der Waals surface area contributed by atoms with Crippen molar-refractivity contribution in [1.82, 2.24) is 4.90 Å². The summed E-state index contributed by atoms with van der Waals surface area (Å²) >= 11 is 0. The highest BCUT2D eigenvalue weighted by Gasteiger charge is 2.17. The zero-order chi connectivity index (χ0) is 8.81. The highest BCUT2D eigenvalue weighted by molar-refractivity contribution is 4.72. The third kappa shape index (κ3) is 3.07. The van der Waals surface area contributed by atoms with E-state index in [9.17, 15) is 4.39 Å². The summed E-state index contributed by atoms with van der Waals surface area (Å²) in [6, 6.07) is 0. The molecule has 0 N–H and O–H groups in total. The summed E-state index contributed by atoms with van der Waals surface area (Å²) in [6.07, 6.45) is 0.903. The van der Waals surface area contributed by atoms with Crippen LogP contribution in [0.5, 0.6) is 0 Å². The standard InChI is InChI=1S/C7H13FN4/c8-7-2-1-4-12(6-7)5-3-10-11-9/h7H,1-6H2. The quantitative estimate of drug-likeness (QED) is 0.363. The average Bonchev–Trinajstić information content (AvgIpc) is 2.05. The van der Waals surface area contributed by atoms with E-state index < -0.39 is 6.17 Å². The Morgan fingerprint density at radius 3 is 3.17 bits per heavy atom. The van der Waals surface area contributed by atoms with E-state index in [-0.39, 0.29) is 0 Å². The highest BCUT2D eigenvalue weighted by Crippen LogP contribution is 2.11. The minimum atomic E-state index is -0.690. The van der Waals surface area contributed by atoms with Gasteiger partial charge in [0.15, 0.2) is 0 Å². The lowest BCUT2D eigenvalue weighted by atomic mass is 10.1. The van der Waals surface area contributed by atoms with E-state index in [1.54, 1.807) is 0 Å². The second-order valence-corrected chi connectivity index (χ2v) is 2.99. The molecule has 1 atom stereocenters. The van der Waals surface area contributed by atoms with Crippen molar-refractivity contribution in [3.8, 4) is 0 Å². The van der Waals surface area contributed by atoms with Gasteiger partial charge < -0.3 is 4.90 Å². The van der Waals surface area contributed by atoms with Gasteiger partial charge in [0.05, 0.1) is 0 Å². The molecule has 5 heteroatoms. The number of likely N-dealkylation sites (tertiary alicyclic amines) is 1. The number of rotatable bonds is 3. The maximum absolute atomic E-state index is 12.8. The van der Waals surface area contributed by atoms with Crippen LogP contribution in [0.25, 0.3) is 10.4 Å². The summed E-state index contributed by atoms with van der Waals surface area (Å²) in [5, 5.41) is 3.41. The predicted octanol–water partition coefficient (Wildman–Crippen LogP) is 1.73. The van der Waals surface area contributed by atoms with Crippen LogP contribution < -0.4 is 0 Å². The number of hydrogen-bond acceptors (Lipinski definition) is 2. The summed E-state index contributed by atoms with van der Waals surface area (Å²) in [6.45, 7) is 2.57. The first-order chi connectivity index (χ1) is 5.83. The smallest absolute Gasteiger partial charge is 0.113 e. The molecule has 1 unspecified atom stereocenters. The van der Waals surface area contributed by atoms with Gasteiger partial charge in [-0.3, -0.25) is 0 Å². The summed E-state index contributed by atoms with van der Waals surface area (Å²) in [4.78, 5) is 4.65. The van der Waals surface area contributed by atoms with Crippen LogP contribution in [-0.2, 0) is 0 Å². The zero-order valence-electron chi connectivity index (χ0n) is 6.99. The van der Waals surface area contributed by atoms with Crippen molar-refractivity contribution < 1.29 is 4.39 Å². The molecule has 0 spiro atoms. The Hall–Kier alpha value is -0.800. The first-order valence-corrected chi connectivity index (χ1v) is 4.20. The largest absolute Gasteiger partial charge is 0.300 e. The molecule has 1 fully saturated rings. The number of hydrogen-bond donors (Lipinski definition) is 0. The molecule has 0 aromatic heterocycles. The van der Waals surface area contributed by atoms with Gasteiger partial charge in [-0.05, 0) is 24.9 Å². The van der Waals surface area contributed by atoms with E-state index in [4.69, 9.17) is 5.53 Å². The van der Waals surface area contributed by atoms with Gasteiger partial charge in [0, 0.05) is 24.5 Å². The first-order valence-electron chi connectivity index (χ1n) is 4.20. The zero-order valence-corrected chi connectivity index (χ0v) is 6.99. The Kier molecular flexibility index (Phi) is 3.84. The topological polar surface area (TPSA) is 52.0 Å². The lowest BCUT2D eigenvalue weighted by Gasteiger charge is -2.28. The van der Waals surface area contributed by atoms with Crippen LogP contribution >= 0.6 is 0 Å². The number of nitrogens with zero attached hydrogens (tertiary/aromatic N) is 4. The number of piperidine rings is 1. The lowest BCUT2D eigenvalue weighted by molar-refractivity contribution is 0.142. The molecule has 12 heavy (non-hydrogen) atoms. The number of azide groups is 1. The van der Waals surface area contributed by atoms with E-state index in [0.29, 0.717) is 26.1 Å². The van der Waals surface area contributed by atoms with Gasteiger partial charge in [0.25, 0.3) is 0 Å². The second-order valence-electron chi connectivity index (χ2n) is 2.99. The Bertz CT molecular complexity index is 178. The lowest BCUT2D eigenvalue weighted by Crippen LogP contribution is -2.37. The summed E-state index contributed by atoms with van der Waals surface area (Å²) < 4.78 is 12.8. The minimum Gasteiger partial charge on any atom is -0.300 e. The number of alkyl halides is 1. The van der Waals surface area contributed by atoms with E-state index in [1.165, 1.54) is 0 Å². The molecule has 1 aliphatic heterocycles. The SMILES string of the molecule is [N-]=[N+]=NCCN1CCCC(F)C1. The third-order valence-corrected chi connectivity index (χ3v) is 2.03. The fraction of sp³-hybridized carbons (Fsp3) is 1.00. The molecule has 0 aliphatic carbocycles. The van der Waals surface area contributed by atoms with Gasteiger partial charge in [-0.1, -0.05) is 5.11 Å². The molecule has 4 nitrogen and oxygen atoms in total. The molecule has 68 valence electrons. The molecule has 0 aromatic carbocycles. The van der Waals surface area contributed by atoms with Crippen molar-refractivity contribution in [2.24, 2.45) is 5.11 Å². The van der Waals surface area contributed by atoms with Crippen molar-refractivity contribution in [3.63, 3.8) is 0 Å². The maximum atomic E-state index is 12.8. The average molecular weight is 172 g/mol. The van der Waals surface area contributed by atoms with E-state index in [0.717, 1.165) is 13.0 Å². The van der Waals surface area contributed by atoms with Crippen molar-refractivity contribution in [2.75, 3.05) is 26.2 Å². The monoisotopic (exact) mass is 172 g/mol. The van der Waals surface area contributed by atoms with Crippen LogP contribution in [0.1, 0.15) is 12.8 Å². The van der Waals surface area contributed by atoms with Crippen LogP contribution in [0.15, 0.2) is 5.11 Å². The first kappa shape index (κ1) is 9.29. The molecule has 1 saturated heterocycles. The van der Waals surface area contributed by atoms with Crippen molar-refractivity contribution in [1.29, 1.82) is 0 Å². The van der Waals surface area contributed by atoms with Crippen LogP contribution in [0.3, 0.4) is 0 Å². The van der Waals surface area contributed by atoms with Gasteiger partial charge in [-0.25, -0.2) is 4.39 Å². The fourth-order valence-electron chi connectivity index (χ4n) is 1.43. The Labute approximate surface area is 71.0 Å². The maximum Gasteiger partial charge on any atom is 0.113 e. The van der Waals surface area contributed by atoms with E-state index in [2.05, 4.69) is 10.0 Å². The molecular weight excluding hydrogens is 159 g/mol. The van der Waals surface area contributed by atoms with Crippen molar-refractivity contribution >= 4 is 0 Å². The third-order valence-electron chi connectivity index (χ3n) is 2.03. The van der Waals surface area contributed by atoms with Gasteiger partial charge in [0.1, 0.15) is 6.17 Å². The van der Waals surface area contributed by atoms with Gasteiger partial charge in [0.2, 0.25) is 0 Å². The highest BCUT2D eigenvalue weighted by atomic mass is 19.1. The molecule has 0 radical (unpaired) electrons. The Balaban J connectivity index is 2.18. The van der Waals surface area contributed by atoms with Crippen molar-refractivity contribution in [3.05, 3.63) is 10.4 Å². The molecule has 0 bridgehead atoms. The number of halogens is 1. The normalized spacial score (nSPS) is 24.9. The fourth-order valence-corrected chi connectivity index (χ4v) is 1.43. The van der Waals surface area contributed by atoms with Crippen LogP contribution in [-0.4, -0.2) is 37.3 Å². The molecular formula is C7H13FN4. The molecule has 1 rings (SSSR count). The minimum absolute atomic E-state index is 0.448. The molecule has 1 heterocycles. The van der Waals surface area contributed by atoms with Gasteiger partial charge in [-0.15, -0.1) is 0 Å². The van der Waals surface area contributed by atoms with E-state index in [1.807, 2.05) is 4.90 Å². The second kappa shape index (κ2) is 4.95. The summed E-state index contributed by atoms with van der Waals surface area (Å²) in [7, 11) is 0. The predicted molar refractivity (Wildman–Crippen MR) is 44.6 cm³/mol. The van der Waals surface area contributed by atoms with E-state index >= 15 is 0 Å². The summed E-state index contributed by atoms with van der Waals surface area (Å²) in [5.41, 5.74) is 8.01. The Morgan fingerprint density at radius 2 is 2.50 bits per heavy atom. The van der Waals surface area contributed by atoms with Crippen LogP contribution in [0.2, 0.25) is 0 Å². The Morgan fingerprint density at radius 1 is 1.67 bits per heavy atom. The van der Waals surface area contributed by atoms with Crippen LogP contribution in [0.4, 0.5) is 4.39 Å². The molecule has 0 aromatic rings. The van der Waals surface area contributed by atoms with Gasteiger partial charge >= 0.3 is 0 Å². The van der Waals surface area contributed by atoms with Crippen LogP contribution in [0, 0.1) is 0 Å². The molecule has 0 amide bonds. The van der Waals surface area contributed by atoms with Gasteiger partial charge in [-0.2, -0.15) is 0 Å². The molecule has 0 saturated carbocycles. The summed E-state index contributed by atoms with van der Waals surface area (Å²) in [5.74, 6) is 0. The van der Waals surface area contributed by atoms with Crippen molar-refractivity contribution in [2.45, 2.75) is 19.0 Å².